The quantitative estimate of drug-likeness (QED) is 0.815. The van der Waals surface area contributed by atoms with Crippen LogP contribution >= 0.6 is 0 Å². The number of hydrogen-bond donors (Lipinski definition) is 1. The molecule has 0 bridgehead atoms. The minimum absolute atomic E-state index is 0.292. The van der Waals surface area contributed by atoms with Crippen molar-refractivity contribution in [1.82, 2.24) is 5.32 Å². The second-order valence-corrected chi connectivity index (χ2v) is 5.93. The SMILES string of the molecule is CC(C)N[C@@H](Cc1ccccc1)C(C)(C)C. The van der Waals surface area contributed by atoms with E-state index < -0.39 is 0 Å². The third-order valence-corrected chi connectivity index (χ3v) is 2.86. The number of benzene rings is 1. The maximum atomic E-state index is 3.67. The highest BCUT2D eigenvalue weighted by atomic mass is 14.9. The van der Waals surface area contributed by atoms with Gasteiger partial charge in [-0.25, -0.2) is 0 Å². The zero-order valence-corrected chi connectivity index (χ0v) is 11.2. The monoisotopic (exact) mass is 219 g/mol. The first-order chi connectivity index (χ1) is 7.39. The van der Waals surface area contributed by atoms with Crippen molar-refractivity contribution in [3.8, 4) is 0 Å². The maximum Gasteiger partial charge on any atom is 0.0158 e. The summed E-state index contributed by atoms with van der Waals surface area (Å²) in [6, 6.07) is 11.8. The normalized spacial score (nSPS) is 14.1. The fourth-order valence-electron chi connectivity index (χ4n) is 1.87. The average Bonchev–Trinajstić information content (AvgIpc) is 2.16. The molecule has 16 heavy (non-hydrogen) atoms. The summed E-state index contributed by atoms with van der Waals surface area (Å²) in [4.78, 5) is 0. The van der Waals surface area contributed by atoms with Crippen LogP contribution in [0.3, 0.4) is 0 Å². The van der Waals surface area contributed by atoms with Crippen LogP contribution in [0.4, 0.5) is 0 Å². The van der Waals surface area contributed by atoms with Crippen LogP contribution in [0.15, 0.2) is 30.3 Å². The van der Waals surface area contributed by atoms with Crippen LogP contribution in [0.25, 0.3) is 0 Å². The molecule has 0 spiro atoms. The molecule has 1 N–H and O–H groups in total. The van der Waals surface area contributed by atoms with Crippen LogP contribution in [0, 0.1) is 5.41 Å². The smallest absolute Gasteiger partial charge is 0.0158 e. The molecule has 0 aliphatic heterocycles. The lowest BCUT2D eigenvalue weighted by Gasteiger charge is -2.33. The molecule has 0 saturated carbocycles. The third kappa shape index (κ3) is 4.36. The molecular weight excluding hydrogens is 194 g/mol. The maximum absolute atomic E-state index is 3.67. The first kappa shape index (κ1) is 13.2. The van der Waals surface area contributed by atoms with E-state index in [0.717, 1.165) is 6.42 Å². The fraction of sp³-hybridized carbons (Fsp3) is 0.600. The molecule has 1 rings (SSSR count). The molecule has 90 valence electrons. The summed E-state index contributed by atoms with van der Waals surface area (Å²) < 4.78 is 0. The molecular formula is C15H25N. The highest BCUT2D eigenvalue weighted by Gasteiger charge is 2.24. The zero-order valence-electron chi connectivity index (χ0n) is 11.2. The molecule has 1 atom stereocenters. The second-order valence-electron chi connectivity index (χ2n) is 5.93. The molecule has 0 saturated heterocycles. The Balaban J connectivity index is 2.72. The first-order valence-corrected chi connectivity index (χ1v) is 6.19. The molecule has 0 amide bonds. The van der Waals surface area contributed by atoms with Crippen molar-refractivity contribution in [1.29, 1.82) is 0 Å². The van der Waals surface area contributed by atoms with E-state index in [9.17, 15) is 0 Å². The lowest BCUT2D eigenvalue weighted by Crippen LogP contribution is -2.45. The molecule has 0 unspecified atom stereocenters. The van der Waals surface area contributed by atoms with Crippen molar-refractivity contribution < 1.29 is 0 Å². The van der Waals surface area contributed by atoms with E-state index >= 15 is 0 Å². The fourth-order valence-corrected chi connectivity index (χ4v) is 1.87. The topological polar surface area (TPSA) is 12.0 Å². The van der Waals surface area contributed by atoms with Crippen molar-refractivity contribution in [3.05, 3.63) is 35.9 Å². The Morgan fingerprint density at radius 1 is 1.06 bits per heavy atom. The first-order valence-electron chi connectivity index (χ1n) is 6.19. The summed E-state index contributed by atoms with van der Waals surface area (Å²) in [6.07, 6.45) is 1.10. The highest BCUT2D eigenvalue weighted by Crippen LogP contribution is 2.23. The summed E-state index contributed by atoms with van der Waals surface area (Å²) in [5.74, 6) is 0. The van der Waals surface area contributed by atoms with Crippen LogP contribution in [0.2, 0.25) is 0 Å². The van der Waals surface area contributed by atoms with Gasteiger partial charge in [0.15, 0.2) is 0 Å². The summed E-state index contributed by atoms with van der Waals surface area (Å²) in [5.41, 5.74) is 1.70. The van der Waals surface area contributed by atoms with E-state index in [-0.39, 0.29) is 0 Å². The molecule has 0 heterocycles. The van der Waals surface area contributed by atoms with Gasteiger partial charge >= 0.3 is 0 Å². The molecule has 1 heteroatoms. The minimum atomic E-state index is 0.292. The van der Waals surface area contributed by atoms with E-state index in [1.807, 2.05) is 0 Å². The zero-order chi connectivity index (χ0) is 12.2. The molecule has 1 nitrogen and oxygen atoms in total. The molecule has 1 aromatic rings. The molecule has 0 aliphatic carbocycles. The Morgan fingerprint density at radius 2 is 1.62 bits per heavy atom. The summed E-state index contributed by atoms with van der Waals surface area (Å²) in [5, 5.41) is 3.67. The Bertz CT molecular complexity index is 295. The van der Waals surface area contributed by atoms with Crippen molar-refractivity contribution >= 4 is 0 Å². The van der Waals surface area contributed by atoms with E-state index in [4.69, 9.17) is 0 Å². The van der Waals surface area contributed by atoms with Gasteiger partial charge in [-0.15, -0.1) is 0 Å². The van der Waals surface area contributed by atoms with E-state index in [0.29, 0.717) is 17.5 Å². The minimum Gasteiger partial charge on any atom is -0.311 e. The number of rotatable bonds is 4. The largest absolute Gasteiger partial charge is 0.311 e. The van der Waals surface area contributed by atoms with E-state index in [2.05, 4.69) is 70.3 Å². The molecule has 0 aliphatic rings. The van der Waals surface area contributed by atoms with Crippen LogP contribution in [0.1, 0.15) is 40.2 Å². The van der Waals surface area contributed by atoms with Gasteiger partial charge in [0, 0.05) is 12.1 Å². The summed E-state index contributed by atoms with van der Waals surface area (Å²) in [6.45, 7) is 11.3. The lowest BCUT2D eigenvalue weighted by atomic mass is 9.82. The predicted molar refractivity (Wildman–Crippen MR) is 71.7 cm³/mol. The van der Waals surface area contributed by atoms with Gasteiger partial charge < -0.3 is 5.32 Å². The number of nitrogens with one attached hydrogen (secondary N) is 1. The van der Waals surface area contributed by atoms with Crippen LogP contribution in [0.5, 0.6) is 0 Å². The van der Waals surface area contributed by atoms with E-state index in [1.165, 1.54) is 5.56 Å². The van der Waals surface area contributed by atoms with Gasteiger partial charge in [0.25, 0.3) is 0 Å². The van der Waals surface area contributed by atoms with Gasteiger partial charge in [-0.2, -0.15) is 0 Å². The van der Waals surface area contributed by atoms with Crippen LogP contribution in [-0.2, 0) is 6.42 Å². The second kappa shape index (κ2) is 5.49. The Kier molecular flexibility index (Phi) is 4.55. The Hall–Kier alpha value is -0.820. The lowest BCUT2D eigenvalue weighted by molar-refractivity contribution is 0.252. The molecule has 1 aromatic carbocycles. The average molecular weight is 219 g/mol. The van der Waals surface area contributed by atoms with Gasteiger partial charge in [0.1, 0.15) is 0 Å². The third-order valence-electron chi connectivity index (χ3n) is 2.86. The van der Waals surface area contributed by atoms with Crippen molar-refractivity contribution in [3.63, 3.8) is 0 Å². The van der Waals surface area contributed by atoms with E-state index in [1.54, 1.807) is 0 Å². The van der Waals surface area contributed by atoms with Gasteiger partial charge in [-0.05, 0) is 17.4 Å². The van der Waals surface area contributed by atoms with Crippen molar-refractivity contribution in [2.24, 2.45) is 5.41 Å². The van der Waals surface area contributed by atoms with Crippen LogP contribution in [-0.4, -0.2) is 12.1 Å². The highest BCUT2D eigenvalue weighted by molar-refractivity contribution is 5.16. The van der Waals surface area contributed by atoms with Gasteiger partial charge in [-0.1, -0.05) is 65.0 Å². The van der Waals surface area contributed by atoms with Crippen molar-refractivity contribution in [2.45, 2.75) is 53.1 Å². The van der Waals surface area contributed by atoms with Crippen molar-refractivity contribution in [2.75, 3.05) is 0 Å². The standard InChI is InChI=1S/C15H25N/c1-12(2)16-14(15(3,4)5)11-13-9-7-6-8-10-13/h6-10,12,14,16H,11H2,1-5H3/t14-/m0/s1. The van der Waals surface area contributed by atoms with Gasteiger partial charge in [0.2, 0.25) is 0 Å². The molecule has 0 radical (unpaired) electrons. The summed E-state index contributed by atoms with van der Waals surface area (Å²) in [7, 11) is 0. The van der Waals surface area contributed by atoms with Gasteiger partial charge in [0.05, 0.1) is 0 Å². The number of hydrogen-bond acceptors (Lipinski definition) is 1. The Morgan fingerprint density at radius 3 is 2.06 bits per heavy atom. The van der Waals surface area contributed by atoms with Gasteiger partial charge in [-0.3, -0.25) is 0 Å². The molecule has 0 fully saturated rings. The Labute approximate surface area is 100 Å². The summed E-state index contributed by atoms with van der Waals surface area (Å²) >= 11 is 0. The predicted octanol–water partition coefficient (Wildman–Crippen LogP) is 3.64. The molecule has 0 aromatic heterocycles. The van der Waals surface area contributed by atoms with Crippen LogP contribution < -0.4 is 5.32 Å².